The third-order valence-corrected chi connectivity index (χ3v) is 5.85. The number of carbonyl (C=O) groups excluding carboxylic acids is 1. The molecule has 8 heteroatoms. The van der Waals surface area contributed by atoms with E-state index in [4.69, 9.17) is 10.5 Å². The summed E-state index contributed by atoms with van der Waals surface area (Å²) < 4.78 is 34.8. The Morgan fingerprint density at radius 3 is 2.64 bits per heavy atom. The molecule has 0 amide bonds. The molecule has 144 valence electrons. The Balaban J connectivity index is 2.01. The van der Waals surface area contributed by atoms with Crippen LogP contribution >= 0.6 is 11.8 Å². The number of fused-ring (bicyclic) bond motifs is 3. The summed E-state index contributed by atoms with van der Waals surface area (Å²) in [6.07, 6.45) is 0. The number of thioether (sulfide) groups is 1. The molecule has 2 aromatic carbocycles. The molecule has 1 atom stereocenters. The first-order valence-electron chi connectivity index (χ1n) is 8.63. The van der Waals surface area contributed by atoms with Gasteiger partial charge < -0.3 is 15.0 Å². The van der Waals surface area contributed by atoms with E-state index >= 15 is 0 Å². The maximum Gasteiger partial charge on any atom is 0.344 e. The molecule has 0 radical (unpaired) electrons. The molecular weight excluding hydrogens is 386 g/mol. The van der Waals surface area contributed by atoms with Crippen LogP contribution in [-0.2, 0) is 4.74 Å². The van der Waals surface area contributed by atoms with Crippen molar-refractivity contribution in [2.45, 2.75) is 17.3 Å². The zero-order valence-electron chi connectivity index (χ0n) is 14.9. The van der Waals surface area contributed by atoms with Crippen molar-refractivity contribution in [2.75, 3.05) is 19.0 Å². The number of halogens is 2. The standard InChI is InChI=1S/C20H16F2N2O3S/c1-2-27-20(26)17-18(25)13-7-14(22)12(10-3-5-11(23)6-4-10)8-15(13)24-16(9-21)28-19(17)24/h3-8,16H,2,9,23H2,1H3. The summed E-state index contributed by atoms with van der Waals surface area (Å²) in [6.45, 7) is 1.03. The number of carbonyl (C=O) groups is 1. The van der Waals surface area contributed by atoms with Gasteiger partial charge in [0, 0.05) is 16.6 Å². The maximum absolute atomic E-state index is 14.8. The number of nitrogens with two attached hydrogens (primary N) is 1. The van der Waals surface area contributed by atoms with E-state index in [9.17, 15) is 18.4 Å². The van der Waals surface area contributed by atoms with Gasteiger partial charge in [0.25, 0.3) is 0 Å². The van der Waals surface area contributed by atoms with Crippen molar-refractivity contribution in [1.29, 1.82) is 0 Å². The summed E-state index contributed by atoms with van der Waals surface area (Å²) in [6, 6.07) is 9.24. The fraction of sp³-hybridized carbons (Fsp3) is 0.200. The zero-order chi connectivity index (χ0) is 20.0. The van der Waals surface area contributed by atoms with Gasteiger partial charge in [-0.25, -0.2) is 13.6 Å². The number of nitrogens with zero attached hydrogens (tertiary/aromatic N) is 1. The molecule has 0 bridgehead atoms. The highest BCUT2D eigenvalue weighted by atomic mass is 32.2. The Kier molecular flexibility index (Phi) is 4.58. The van der Waals surface area contributed by atoms with E-state index in [1.807, 2.05) is 0 Å². The van der Waals surface area contributed by atoms with Gasteiger partial charge in [-0.3, -0.25) is 4.79 Å². The number of hydrogen-bond acceptors (Lipinski definition) is 5. The number of ether oxygens (including phenoxy) is 1. The number of pyridine rings is 1. The molecule has 0 aliphatic carbocycles. The van der Waals surface area contributed by atoms with Gasteiger partial charge in [-0.1, -0.05) is 23.9 Å². The van der Waals surface area contributed by atoms with Gasteiger partial charge in [-0.15, -0.1) is 0 Å². The van der Waals surface area contributed by atoms with Crippen LogP contribution in [0.1, 0.15) is 22.7 Å². The Morgan fingerprint density at radius 2 is 2.00 bits per heavy atom. The minimum Gasteiger partial charge on any atom is -0.462 e. The lowest BCUT2D eigenvalue weighted by molar-refractivity contribution is 0.0518. The average molecular weight is 402 g/mol. The molecule has 1 aliphatic heterocycles. The van der Waals surface area contributed by atoms with Crippen LogP contribution in [0.4, 0.5) is 14.5 Å². The molecule has 0 fully saturated rings. The lowest BCUT2D eigenvalue weighted by Crippen LogP contribution is -2.31. The van der Waals surface area contributed by atoms with Crippen LogP contribution in [0.3, 0.4) is 0 Å². The monoisotopic (exact) mass is 402 g/mol. The molecule has 0 saturated carbocycles. The number of anilines is 1. The Hall–Kier alpha value is -2.87. The fourth-order valence-corrected chi connectivity index (χ4v) is 4.42. The van der Waals surface area contributed by atoms with Crippen molar-refractivity contribution in [3.05, 3.63) is 58.0 Å². The highest BCUT2D eigenvalue weighted by molar-refractivity contribution is 8.00. The molecule has 1 aromatic heterocycles. The lowest BCUT2D eigenvalue weighted by Gasteiger charge is -2.33. The normalized spacial score (nSPS) is 15.2. The lowest BCUT2D eigenvalue weighted by atomic mass is 10.0. The summed E-state index contributed by atoms with van der Waals surface area (Å²) in [5.41, 5.74) is 6.65. The number of benzene rings is 2. The minimum atomic E-state index is -0.786. The fourth-order valence-electron chi connectivity index (χ4n) is 3.31. The molecule has 1 unspecified atom stereocenters. The van der Waals surface area contributed by atoms with Crippen LogP contribution in [0.5, 0.6) is 0 Å². The average Bonchev–Trinajstić information content (AvgIpc) is 2.65. The van der Waals surface area contributed by atoms with E-state index in [-0.39, 0.29) is 23.1 Å². The number of alkyl halides is 1. The zero-order valence-corrected chi connectivity index (χ0v) is 15.7. The summed E-state index contributed by atoms with van der Waals surface area (Å²) in [4.78, 5) is 25.2. The third kappa shape index (κ3) is 2.75. The SMILES string of the molecule is CCOC(=O)c1c2n(c3cc(-c4ccc(N)cc4)c(F)cc3c1=O)C(CF)S2. The highest BCUT2D eigenvalue weighted by Crippen LogP contribution is 2.47. The smallest absolute Gasteiger partial charge is 0.344 e. The molecule has 0 spiro atoms. The first-order chi connectivity index (χ1) is 13.5. The molecule has 0 saturated heterocycles. The molecule has 2 heterocycles. The third-order valence-electron chi connectivity index (χ3n) is 4.62. The van der Waals surface area contributed by atoms with Gasteiger partial charge in [0.2, 0.25) is 5.43 Å². The predicted molar refractivity (Wildman–Crippen MR) is 105 cm³/mol. The molecule has 5 nitrogen and oxygen atoms in total. The molecule has 3 aromatic rings. The highest BCUT2D eigenvalue weighted by Gasteiger charge is 2.36. The van der Waals surface area contributed by atoms with Gasteiger partial charge in [0.05, 0.1) is 17.1 Å². The van der Waals surface area contributed by atoms with Crippen molar-refractivity contribution in [2.24, 2.45) is 0 Å². The van der Waals surface area contributed by atoms with E-state index in [1.54, 1.807) is 35.8 Å². The van der Waals surface area contributed by atoms with Crippen molar-refractivity contribution < 1.29 is 18.3 Å². The second kappa shape index (κ2) is 6.94. The van der Waals surface area contributed by atoms with Crippen LogP contribution in [0, 0.1) is 5.82 Å². The van der Waals surface area contributed by atoms with E-state index < -0.39 is 29.3 Å². The quantitative estimate of drug-likeness (QED) is 0.524. The van der Waals surface area contributed by atoms with Crippen LogP contribution in [0.2, 0.25) is 0 Å². The molecule has 28 heavy (non-hydrogen) atoms. The number of nitrogen functional groups attached to an aromatic ring is 1. The van der Waals surface area contributed by atoms with Gasteiger partial charge in [0.15, 0.2) is 0 Å². The van der Waals surface area contributed by atoms with Gasteiger partial charge >= 0.3 is 5.97 Å². The summed E-state index contributed by atoms with van der Waals surface area (Å²) in [5.74, 6) is -1.40. The molecular formula is C20H16F2N2O3S. The van der Waals surface area contributed by atoms with Gasteiger partial charge in [-0.2, -0.15) is 0 Å². The van der Waals surface area contributed by atoms with E-state index in [0.717, 1.165) is 17.8 Å². The van der Waals surface area contributed by atoms with Crippen molar-refractivity contribution >= 4 is 34.3 Å². The second-order valence-corrected chi connectivity index (χ2v) is 7.46. The topological polar surface area (TPSA) is 74.3 Å². The number of esters is 1. The molecule has 4 rings (SSSR count). The number of rotatable bonds is 4. The Bertz CT molecular complexity index is 1160. The van der Waals surface area contributed by atoms with Crippen LogP contribution in [-0.4, -0.2) is 23.8 Å². The Morgan fingerprint density at radius 1 is 1.29 bits per heavy atom. The maximum atomic E-state index is 14.8. The number of aromatic nitrogens is 1. The second-order valence-electron chi connectivity index (χ2n) is 6.30. The van der Waals surface area contributed by atoms with E-state index in [0.29, 0.717) is 21.8 Å². The first-order valence-corrected chi connectivity index (χ1v) is 9.51. The number of hydrogen-bond donors (Lipinski definition) is 1. The largest absolute Gasteiger partial charge is 0.462 e. The first kappa shape index (κ1) is 18.5. The summed E-state index contributed by atoms with van der Waals surface area (Å²) in [5, 5.41) is -0.230. The van der Waals surface area contributed by atoms with Crippen molar-refractivity contribution in [1.82, 2.24) is 4.57 Å². The van der Waals surface area contributed by atoms with Crippen molar-refractivity contribution in [3.63, 3.8) is 0 Å². The minimum absolute atomic E-state index is 0.0160. The Labute approximate surface area is 163 Å². The summed E-state index contributed by atoms with van der Waals surface area (Å²) >= 11 is 1.09. The molecule has 2 N–H and O–H groups in total. The van der Waals surface area contributed by atoms with E-state index in [2.05, 4.69) is 0 Å². The molecule has 1 aliphatic rings. The van der Waals surface area contributed by atoms with Crippen LogP contribution in [0.15, 0.2) is 46.2 Å². The van der Waals surface area contributed by atoms with Gasteiger partial charge in [-0.05, 0) is 36.8 Å². The van der Waals surface area contributed by atoms with E-state index in [1.165, 1.54) is 6.07 Å². The van der Waals surface area contributed by atoms with Crippen LogP contribution < -0.4 is 11.2 Å². The predicted octanol–water partition coefficient (Wildman–Crippen LogP) is 4.14. The summed E-state index contributed by atoms with van der Waals surface area (Å²) in [7, 11) is 0. The van der Waals surface area contributed by atoms with Crippen LogP contribution in [0.25, 0.3) is 22.0 Å². The van der Waals surface area contributed by atoms with Crippen molar-refractivity contribution in [3.8, 4) is 11.1 Å². The van der Waals surface area contributed by atoms with Gasteiger partial charge in [0.1, 0.15) is 23.4 Å².